The average Bonchev–Trinajstić information content (AvgIpc) is 2.27. The monoisotopic (exact) mass is 250 g/mol. The Morgan fingerprint density at radius 2 is 1.94 bits per heavy atom. The molecule has 0 aliphatic carbocycles. The molecule has 0 aromatic heterocycles. The first-order chi connectivity index (χ1) is 8.56. The molecular formula is C13H18N2O3. The summed E-state index contributed by atoms with van der Waals surface area (Å²) < 4.78 is 5.66. The van der Waals surface area contributed by atoms with Crippen molar-refractivity contribution in [2.45, 2.75) is 32.6 Å². The van der Waals surface area contributed by atoms with Gasteiger partial charge < -0.3 is 4.74 Å². The molecule has 0 bridgehead atoms. The van der Waals surface area contributed by atoms with Gasteiger partial charge in [0.25, 0.3) is 5.69 Å². The largest absolute Gasteiger partial charge is 0.373 e. The fraction of sp³-hybridized carbons (Fsp3) is 0.538. The lowest BCUT2D eigenvalue weighted by Gasteiger charge is -2.35. The van der Waals surface area contributed by atoms with Crippen molar-refractivity contribution >= 4 is 5.69 Å². The third-order valence-corrected chi connectivity index (χ3v) is 3.08. The van der Waals surface area contributed by atoms with Crippen molar-refractivity contribution in [3.8, 4) is 0 Å². The van der Waals surface area contributed by atoms with Gasteiger partial charge in [-0.15, -0.1) is 0 Å². The van der Waals surface area contributed by atoms with Gasteiger partial charge in [-0.05, 0) is 13.8 Å². The first-order valence-electron chi connectivity index (χ1n) is 6.16. The summed E-state index contributed by atoms with van der Waals surface area (Å²) in [7, 11) is 0. The molecular weight excluding hydrogens is 232 g/mol. The Labute approximate surface area is 107 Å². The number of para-hydroxylation sites is 1. The van der Waals surface area contributed by atoms with Crippen LogP contribution < -0.4 is 0 Å². The lowest BCUT2D eigenvalue weighted by molar-refractivity contribution is -0.385. The molecule has 2 rings (SSSR count). The van der Waals surface area contributed by atoms with Crippen molar-refractivity contribution in [1.82, 2.24) is 4.90 Å². The van der Waals surface area contributed by atoms with Crippen molar-refractivity contribution < 1.29 is 9.66 Å². The minimum atomic E-state index is -0.317. The van der Waals surface area contributed by atoms with Crippen molar-refractivity contribution in [3.63, 3.8) is 0 Å². The van der Waals surface area contributed by atoms with Crippen LogP contribution >= 0.6 is 0 Å². The van der Waals surface area contributed by atoms with E-state index in [9.17, 15) is 10.1 Å². The molecule has 1 aromatic rings. The van der Waals surface area contributed by atoms with Gasteiger partial charge in [0.2, 0.25) is 0 Å². The van der Waals surface area contributed by atoms with Crippen molar-refractivity contribution in [3.05, 3.63) is 39.9 Å². The lowest BCUT2D eigenvalue weighted by atomic mass is 10.1. The van der Waals surface area contributed by atoms with Crippen molar-refractivity contribution in [1.29, 1.82) is 0 Å². The highest BCUT2D eigenvalue weighted by Gasteiger charge is 2.24. The summed E-state index contributed by atoms with van der Waals surface area (Å²) in [4.78, 5) is 12.8. The van der Waals surface area contributed by atoms with Gasteiger partial charge in [0.1, 0.15) is 0 Å². The van der Waals surface area contributed by atoms with Crippen LogP contribution in [0.4, 0.5) is 5.69 Å². The topological polar surface area (TPSA) is 55.6 Å². The number of morpholine rings is 1. The van der Waals surface area contributed by atoms with Crippen LogP contribution in [0.1, 0.15) is 19.4 Å². The van der Waals surface area contributed by atoms with E-state index in [4.69, 9.17) is 4.74 Å². The molecule has 5 nitrogen and oxygen atoms in total. The molecule has 0 radical (unpaired) electrons. The molecule has 0 amide bonds. The van der Waals surface area contributed by atoms with Crippen LogP contribution in [0.25, 0.3) is 0 Å². The van der Waals surface area contributed by atoms with Crippen LogP contribution in [0.3, 0.4) is 0 Å². The summed E-state index contributed by atoms with van der Waals surface area (Å²) in [5.74, 6) is 0. The van der Waals surface area contributed by atoms with E-state index in [1.54, 1.807) is 12.1 Å². The highest BCUT2D eigenvalue weighted by Crippen LogP contribution is 2.21. The molecule has 98 valence electrons. The molecule has 1 saturated heterocycles. The zero-order valence-corrected chi connectivity index (χ0v) is 10.7. The molecule has 2 atom stereocenters. The quantitative estimate of drug-likeness (QED) is 0.609. The smallest absolute Gasteiger partial charge is 0.273 e. The predicted molar refractivity (Wildman–Crippen MR) is 68.4 cm³/mol. The molecule has 1 fully saturated rings. The number of rotatable bonds is 3. The van der Waals surface area contributed by atoms with E-state index >= 15 is 0 Å². The number of ether oxygens (including phenoxy) is 1. The normalized spacial score (nSPS) is 25.0. The molecule has 2 unspecified atom stereocenters. The van der Waals surface area contributed by atoms with Crippen molar-refractivity contribution in [2.75, 3.05) is 13.1 Å². The first kappa shape index (κ1) is 13.0. The maximum Gasteiger partial charge on any atom is 0.273 e. The maximum atomic E-state index is 11.0. The standard InChI is InChI=1S/C13H18N2O3/c1-10-7-14(8-11(2)18-10)9-12-5-3-4-6-13(12)15(16)17/h3-6,10-11H,7-9H2,1-2H3. The molecule has 5 heteroatoms. The Morgan fingerprint density at radius 3 is 2.56 bits per heavy atom. The van der Waals surface area contributed by atoms with Crippen LogP contribution in [-0.2, 0) is 11.3 Å². The van der Waals surface area contributed by atoms with Gasteiger partial charge in [0, 0.05) is 31.3 Å². The summed E-state index contributed by atoms with van der Waals surface area (Å²) in [5, 5.41) is 11.0. The zero-order valence-electron chi connectivity index (χ0n) is 10.7. The Hall–Kier alpha value is -1.46. The molecule has 0 spiro atoms. The zero-order chi connectivity index (χ0) is 13.1. The summed E-state index contributed by atoms with van der Waals surface area (Å²) in [6.45, 7) is 6.30. The third-order valence-electron chi connectivity index (χ3n) is 3.08. The van der Waals surface area contributed by atoms with Crippen LogP contribution in [0.5, 0.6) is 0 Å². The van der Waals surface area contributed by atoms with Gasteiger partial charge in [-0.2, -0.15) is 0 Å². The summed E-state index contributed by atoms with van der Waals surface area (Å²) >= 11 is 0. The molecule has 1 aliphatic rings. The van der Waals surface area contributed by atoms with Gasteiger partial charge in [0.05, 0.1) is 17.1 Å². The summed E-state index contributed by atoms with van der Waals surface area (Å²) in [6, 6.07) is 6.92. The third kappa shape index (κ3) is 3.05. The van der Waals surface area contributed by atoms with Gasteiger partial charge in [-0.25, -0.2) is 0 Å². The number of hydrogen-bond donors (Lipinski definition) is 0. The Morgan fingerprint density at radius 1 is 1.33 bits per heavy atom. The summed E-state index contributed by atoms with van der Waals surface area (Å²) in [6.07, 6.45) is 0.355. The molecule has 0 N–H and O–H groups in total. The van der Waals surface area contributed by atoms with Crippen LogP contribution in [0.15, 0.2) is 24.3 Å². The first-order valence-corrected chi connectivity index (χ1v) is 6.16. The number of nitro benzene ring substituents is 1. The minimum Gasteiger partial charge on any atom is -0.373 e. The second-order valence-corrected chi connectivity index (χ2v) is 4.84. The second kappa shape index (κ2) is 5.46. The van der Waals surface area contributed by atoms with E-state index in [1.165, 1.54) is 0 Å². The van der Waals surface area contributed by atoms with E-state index in [0.29, 0.717) is 6.54 Å². The molecule has 1 heterocycles. The van der Waals surface area contributed by atoms with Crippen LogP contribution in [0.2, 0.25) is 0 Å². The van der Waals surface area contributed by atoms with Gasteiger partial charge in [-0.1, -0.05) is 18.2 Å². The average molecular weight is 250 g/mol. The van der Waals surface area contributed by atoms with E-state index in [0.717, 1.165) is 18.7 Å². The van der Waals surface area contributed by atoms with E-state index in [2.05, 4.69) is 4.90 Å². The molecule has 1 aromatic carbocycles. The Kier molecular flexibility index (Phi) is 3.93. The lowest BCUT2D eigenvalue weighted by Crippen LogP contribution is -2.44. The molecule has 0 saturated carbocycles. The maximum absolute atomic E-state index is 11.0. The van der Waals surface area contributed by atoms with Gasteiger partial charge in [0.15, 0.2) is 0 Å². The van der Waals surface area contributed by atoms with Gasteiger partial charge in [-0.3, -0.25) is 15.0 Å². The number of nitro groups is 1. The number of nitrogens with zero attached hydrogens (tertiary/aromatic N) is 2. The van der Waals surface area contributed by atoms with Crippen molar-refractivity contribution in [2.24, 2.45) is 0 Å². The van der Waals surface area contributed by atoms with Gasteiger partial charge >= 0.3 is 0 Å². The molecule has 18 heavy (non-hydrogen) atoms. The highest BCUT2D eigenvalue weighted by molar-refractivity contribution is 5.39. The number of benzene rings is 1. The predicted octanol–water partition coefficient (Wildman–Crippen LogP) is 2.20. The SMILES string of the molecule is CC1CN(Cc2ccccc2[N+](=O)[O-])CC(C)O1. The highest BCUT2D eigenvalue weighted by atomic mass is 16.6. The Bertz CT molecular complexity index is 426. The molecule has 1 aliphatic heterocycles. The fourth-order valence-electron chi connectivity index (χ4n) is 2.48. The number of hydrogen-bond acceptors (Lipinski definition) is 4. The van der Waals surface area contributed by atoms with E-state index in [1.807, 2.05) is 26.0 Å². The van der Waals surface area contributed by atoms with Crippen LogP contribution in [0, 0.1) is 10.1 Å². The second-order valence-electron chi connectivity index (χ2n) is 4.84. The summed E-state index contributed by atoms with van der Waals surface area (Å²) in [5.41, 5.74) is 0.966. The minimum absolute atomic E-state index is 0.177. The van der Waals surface area contributed by atoms with E-state index < -0.39 is 0 Å². The van der Waals surface area contributed by atoms with E-state index in [-0.39, 0.29) is 22.8 Å². The fourth-order valence-corrected chi connectivity index (χ4v) is 2.48. The Balaban J connectivity index is 2.11. The van der Waals surface area contributed by atoms with Crippen LogP contribution in [-0.4, -0.2) is 35.1 Å².